The molecule has 1 heterocycles. The molecule has 0 aliphatic rings. The Balaban J connectivity index is 2.94. The third-order valence-corrected chi connectivity index (χ3v) is 3.65. The van der Waals surface area contributed by atoms with E-state index in [0.29, 0.717) is 0 Å². The van der Waals surface area contributed by atoms with Gasteiger partial charge in [-0.1, -0.05) is 53.7 Å². The van der Waals surface area contributed by atoms with E-state index in [9.17, 15) is 0 Å². The van der Waals surface area contributed by atoms with Gasteiger partial charge in [0.1, 0.15) is 0 Å². The normalized spacial score (nSPS) is 13.0. The van der Waals surface area contributed by atoms with Crippen LogP contribution in [0.5, 0.6) is 0 Å². The minimum atomic E-state index is 0.119. The molecule has 0 amide bonds. The fourth-order valence-electron chi connectivity index (χ4n) is 2.96. The maximum atomic E-state index is 4.66. The molecule has 0 saturated heterocycles. The standard InChI is InChI=1S/C18H25N/c1-12-11-14(17(2,3)4)16-13(9-8-10-19-16)15(12)18(5,6)7/h8-11H,1-7H3. The van der Waals surface area contributed by atoms with Crippen molar-refractivity contribution in [3.05, 3.63) is 41.1 Å². The minimum Gasteiger partial charge on any atom is -0.256 e. The molecule has 1 aromatic carbocycles. The van der Waals surface area contributed by atoms with Crippen molar-refractivity contribution in [3.63, 3.8) is 0 Å². The van der Waals surface area contributed by atoms with Crippen LogP contribution in [-0.4, -0.2) is 4.98 Å². The molecule has 0 spiro atoms. The summed E-state index contributed by atoms with van der Waals surface area (Å²) >= 11 is 0. The van der Waals surface area contributed by atoms with E-state index >= 15 is 0 Å². The zero-order valence-electron chi connectivity index (χ0n) is 13.3. The predicted molar refractivity (Wildman–Crippen MR) is 83.9 cm³/mol. The third kappa shape index (κ3) is 2.51. The average Bonchev–Trinajstić information content (AvgIpc) is 2.24. The van der Waals surface area contributed by atoms with Gasteiger partial charge in [0.05, 0.1) is 5.52 Å². The Hall–Kier alpha value is -1.37. The molecule has 2 rings (SSSR count). The van der Waals surface area contributed by atoms with Gasteiger partial charge in [0.2, 0.25) is 0 Å². The first kappa shape index (κ1) is 14.0. The zero-order chi connectivity index (χ0) is 14.4. The van der Waals surface area contributed by atoms with Gasteiger partial charge < -0.3 is 0 Å². The quantitative estimate of drug-likeness (QED) is 0.635. The van der Waals surface area contributed by atoms with Crippen LogP contribution in [-0.2, 0) is 10.8 Å². The van der Waals surface area contributed by atoms with Gasteiger partial charge in [0.25, 0.3) is 0 Å². The number of hydrogen-bond acceptors (Lipinski definition) is 1. The topological polar surface area (TPSA) is 12.9 Å². The van der Waals surface area contributed by atoms with Crippen molar-refractivity contribution in [3.8, 4) is 0 Å². The molecular weight excluding hydrogens is 230 g/mol. The predicted octanol–water partition coefficient (Wildman–Crippen LogP) is 5.14. The summed E-state index contributed by atoms with van der Waals surface area (Å²) in [6.07, 6.45) is 1.90. The Labute approximate surface area is 117 Å². The van der Waals surface area contributed by atoms with E-state index in [1.54, 1.807) is 0 Å². The van der Waals surface area contributed by atoms with Gasteiger partial charge >= 0.3 is 0 Å². The summed E-state index contributed by atoms with van der Waals surface area (Å²) in [5, 5.41) is 1.31. The highest BCUT2D eigenvalue weighted by Crippen LogP contribution is 2.37. The third-order valence-electron chi connectivity index (χ3n) is 3.65. The molecule has 0 aliphatic carbocycles. The van der Waals surface area contributed by atoms with Crippen molar-refractivity contribution in [2.24, 2.45) is 0 Å². The van der Waals surface area contributed by atoms with Gasteiger partial charge in [0, 0.05) is 11.6 Å². The summed E-state index contributed by atoms with van der Waals surface area (Å²) in [5.74, 6) is 0. The number of benzene rings is 1. The Morgan fingerprint density at radius 1 is 0.947 bits per heavy atom. The summed E-state index contributed by atoms with van der Waals surface area (Å²) in [6, 6.07) is 6.59. The number of rotatable bonds is 0. The fraction of sp³-hybridized carbons (Fsp3) is 0.500. The zero-order valence-corrected chi connectivity index (χ0v) is 13.3. The van der Waals surface area contributed by atoms with Crippen LogP contribution in [0.2, 0.25) is 0 Å². The van der Waals surface area contributed by atoms with E-state index in [4.69, 9.17) is 0 Å². The van der Waals surface area contributed by atoms with Crippen LogP contribution in [0.15, 0.2) is 24.4 Å². The van der Waals surface area contributed by atoms with Crippen LogP contribution in [0.3, 0.4) is 0 Å². The maximum absolute atomic E-state index is 4.66. The SMILES string of the molecule is Cc1cc(C(C)(C)C)c2ncccc2c1C(C)(C)C. The van der Waals surface area contributed by atoms with Gasteiger partial charge in [0.15, 0.2) is 0 Å². The number of aromatic nitrogens is 1. The van der Waals surface area contributed by atoms with Crippen LogP contribution in [0.25, 0.3) is 10.9 Å². The first-order valence-electron chi connectivity index (χ1n) is 7.01. The Morgan fingerprint density at radius 3 is 2.11 bits per heavy atom. The molecule has 0 atom stereocenters. The van der Waals surface area contributed by atoms with Crippen molar-refractivity contribution < 1.29 is 0 Å². The van der Waals surface area contributed by atoms with E-state index in [1.807, 2.05) is 12.3 Å². The summed E-state index contributed by atoms with van der Waals surface area (Å²) in [7, 11) is 0. The molecule has 0 aliphatic heterocycles. The molecule has 0 N–H and O–H groups in total. The fourth-order valence-corrected chi connectivity index (χ4v) is 2.96. The lowest BCUT2D eigenvalue weighted by atomic mass is 9.77. The molecule has 2 aromatic rings. The summed E-state index contributed by atoms with van der Waals surface area (Å²) in [6.45, 7) is 15.8. The largest absolute Gasteiger partial charge is 0.256 e. The van der Waals surface area contributed by atoms with Crippen LogP contribution in [0.4, 0.5) is 0 Å². The molecular formula is C18H25N. The molecule has 0 saturated carbocycles. The molecule has 1 nitrogen and oxygen atoms in total. The number of nitrogens with zero attached hydrogens (tertiary/aromatic N) is 1. The molecule has 102 valence electrons. The van der Waals surface area contributed by atoms with Gasteiger partial charge in [-0.25, -0.2) is 0 Å². The molecule has 0 fully saturated rings. The van der Waals surface area contributed by atoms with Gasteiger partial charge in [-0.3, -0.25) is 4.98 Å². The highest BCUT2D eigenvalue weighted by atomic mass is 14.7. The van der Waals surface area contributed by atoms with E-state index in [2.05, 4.69) is 65.6 Å². The van der Waals surface area contributed by atoms with E-state index in [-0.39, 0.29) is 10.8 Å². The number of fused-ring (bicyclic) bond motifs is 1. The second kappa shape index (κ2) is 4.33. The lowest BCUT2D eigenvalue weighted by molar-refractivity contribution is 0.581. The Kier molecular flexibility index (Phi) is 3.20. The Bertz CT molecular complexity index is 610. The van der Waals surface area contributed by atoms with Gasteiger partial charge in [-0.05, 0) is 40.5 Å². The van der Waals surface area contributed by atoms with Crippen molar-refractivity contribution >= 4 is 10.9 Å². The molecule has 1 heteroatoms. The van der Waals surface area contributed by atoms with Crippen LogP contribution in [0.1, 0.15) is 58.2 Å². The van der Waals surface area contributed by atoms with Crippen molar-refractivity contribution in [2.75, 3.05) is 0 Å². The summed E-state index contributed by atoms with van der Waals surface area (Å²) in [4.78, 5) is 4.66. The minimum absolute atomic E-state index is 0.119. The van der Waals surface area contributed by atoms with Gasteiger partial charge in [-0.15, -0.1) is 0 Å². The smallest absolute Gasteiger partial charge is 0.0742 e. The van der Waals surface area contributed by atoms with Crippen LogP contribution >= 0.6 is 0 Å². The maximum Gasteiger partial charge on any atom is 0.0742 e. The highest BCUT2D eigenvalue weighted by Gasteiger charge is 2.25. The second-order valence-corrected chi connectivity index (χ2v) is 7.52. The van der Waals surface area contributed by atoms with Crippen molar-refractivity contribution in [1.82, 2.24) is 4.98 Å². The number of hydrogen-bond donors (Lipinski definition) is 0. The summed E-state index contributed by atoms with van der Waals surface area (Å²) in [5.41, 5.74) is 5.55. The molecule has 1 aromatic heterocycles. The number of pyridine rings is 1. The molecule has 0 unspecified atom stereocenters. The Morgan fingerprint density at radius 2 is 1.58 bits per heavy atom. The molecule has 0 radical (unpaired) electrons. The van der Waals surface area contributed by atoms with Gasteiger partial charge in [-0.2, -0.15) is 0 Å². The highest BCUT2D eigenvalue weighted by molar-refractivity contribution is 5.88. The first-order valence-corrected chi connectivity index (χ1v) is 7.01. The first-order chi connectivity index (χ1) is 8.62. The number of aryl methyl sites for hydroxylation is 1. The average molecular weight is 255 g/mol. The van der Waals surface area contributed by atoms with E-state index < -0.39 is 0 Å². The van der Waals surface area contributed by atoms with E-state index in [1.165, 1.54) is 22.1 Å². The molecule has 0 bridgehead atoms. The summed E-state index contributed by atoms with van der Waals surface area (Å²) < 4.78 is 0. The lowest BCUT2D eigenvalue weighted by Gasteiger charge is -2.28. The second-order valence-electron chi connectivity index (χ2n) is 7.52. The van der Waals surface area contributed by atoms with Crippen LogP contribution < -0.4 is 0 Å². The van der Waals surface area contributed by atoms with Crippen LogP contribution in [0, 0.1) is 6.92 Å². The lowest BCUT2D eigenvalue weighted by Crippen LogP contribution is -2.18. The van der Waals surface area contributed by atoms with Crippen molar-refractivity contribution in [2.45, 2.75) is 59.3 Å². The van der Waals surface area contributed by atoms with Crippen molar-refractivity contribution in [1.29, 1.82) is 0 Å². The van der Waals surface area contributed by atoms with E-state index in [0.717, 1.165) is 5.52 Å². The molecule has 19 heavy (non-hydrogen) atoms. The monoisotopic (exact) mass is 255 g/mol.